The summed E-state index contributed by atoms with van der Waals surface area (Å²) in [6.45, 7) is -0.244. The van der Waals surface area contributed by atoms with E-state index in [-0.39, 0.29) is 12.4 Å². The summed E-state index contributed by atoms with van der Waals surface area (Å²) in [6.07, 6.45) is 0.0128. The van der Waals surface area contributed by atoms with Crippen LogP contribution in [-0.4, -0.2) is 54.2 Å². The van der Waals surface area contributed by atoms with Crippen LogP contribution >= 0.6 is 0 Å². The number of aliphatic hydroxyl groups excluding tert-OH is 2. The van der Waals surface area contributed by atoms with Crippen LogP contribution in [0.3, 0.4) is 0 Å². The van der Waals surface area contributed by atoms with Gasteiger partial charge in [0.05, 0.1) is 24.3 Å². The molecule has 0 spiro atoms. The number of nitrogen functional groups attached to an aromatic ring is 1. The van der Waals surface area contributed by atoms with Crippen LogP contribution in [0.15, 0.2) is 6.20 Å². The molecular weight excluding hydrogens is 240 g/mol. The quantitative estimate of drug-likeness (QED) is 0.584. The fourth-order valence-corrected chi connectivity index (χ4v) is 2.04. The van der Waals surface area contributed by atoms with Crippen molar-refractivity contribution >= 4 is 16.9 Å². The van der Waals surface area contributed by atoms with Gasteiger partial charge >= 0.3 is 0 Å². The highest BCUT2D eigenvalue weighted by Gasteiger charge is 2.35. The van der Waals surface area contributed by atoms with Crippen LogP contribution in [0.5, 0.6) is 0 Å². The van der Waals surface area contributed by atoms with E-state index >= 15 is 0 Å². The molecule has 1 aliphatic heterocycles. The van der Waals surface area contributed by atoms with Crippen LogP contribution < -0.4 is 5.73 Å². The van der Waals surface area contributed by atoms with Crippen LogP contribution in [0.2, 0.25) is 0 Å². The SMILES string of the molecule is Nc1nnnc2c1cnn2C1C[C@H](O)[C@@H](CO)O1. The molecule has 1 unspecified atom stereocenters. The van der Waals surface area contributed by atoms with E-state index < -0.39 is 18.4 Å². The lowest BCUT2D eigenvalue weighted by Crippen LogP contribution is -2.24. The molecule has 0 amide bonds. The third kappa shape index (κ3) is 1.60. The third-order valence-corrected chi connectivity index (χ3v) is 2.99. The smallest absolute Gasteiger partial charge is 0.188 e. The summed E-state index contributed by atoms with van der Waals surface area (Å²) in [5.74, 6) is 0.239. The molecule has 3 atom stereocenters. The Kier molecular flexibility index (Phi) is 2.58. The molecular formula is C9H12N6O3. The number of hydrogen-bond donors (Lipinski definition) is 3. The lowest BCUT2D eigenvalue weighted by atomic mass is 10.2. The lowest BCUT2D eigenvalue weighted by molar-refractivity contribution is -0.0470. The second-order valence-corrected chi connectivity index (χ2v) is 4.12. The highest BCUT2D eigenvalue weighted by Crippen LogP contribution is 2.30. The van der Waals surface area contributed by atoms with Gasteiger partial charge in [-0.05, 0) is 5.21 Å². The Labute approximate surface area is 101 Å². The molecule has 3 heterocycles. The largest absolute Gasteiger partial charge is 0.394 e. The minimum absolute atomic E-state index is 0.239. The van der Waals surface area contributed by atoms with Crippen LogP contribution in [0.1, 0.15) is 12.6 Å². The second-order valence-electron chi connectivity index (χ2n) is 4.12. The Morgan fingerprint density at radius 3 is 3.06 bits per heavy atom. The van der Waals surface area contributed by atoms with Crippen molar-refractivity contribution in [3.05, 3.63) is 6.20 Å². The van der Waals surface area contributed by atoms with E-state index in [1.54, 1.807) is 0 Å². The van der Waals surface area contributed by atoms with Gasteiger partial charge in [-0.3, -0.25) is 0 Å². The van der Waals surface area contributed by atoms with Crippen LogP contribution in [0.25, 0.3) is 11.0 Å². The van der Waals surface area contributed by atoms with Crippen molar-refractivity contribution in [3.8, 4) is 0 Å². The van der Waals surface area contributed by atoms with E-state index in [0.29, 0.717) is 17.5 Å². The lowest BCUT2D eigenvalue weighted by Gasteiger charge is -2.12. The molecule has 1 saturated heterocycles. The van der Waals surface area contributed by atoms with Gasteiger partial charge in [-0.15, -0.1) is 10.2 Å². The minimum Gasteiger partial charge on any atom is -0.394 e. The molecule has 1 fully saturated rings. The standard InChI is InChI=1S/C9H12N6O3/c10-8-4-2-11-15(9(4)13-14-12-8)7-1-5(17)6(3-16)18-7/h2,5-7,16-17H,1,3H2,(H2,10,12,13)/t5-,6+,7?/m0/s1. The van der Waals surface area contributed by atoms with Crippen molar-refractivity contribution in [2.45, 2.75) is 24.9 Å². The third-order valence-electron chi connectivity index (χ3n) is 2.99. The van der Waals surface area contributed by atoms with Crippen molar-refractivity contribution in [2.75, 3.05) is 12.3 Å². The number of nitrogens with two attached hydrogens (primary N) is 1. The average molecular weight is 252 g/mol. The molecule has 1 aliphatic rings. The first kappa shape index (κ1) is 11.3. The fourth-order valence-electron chi connectivity index (χ4n) is 2.04. The van der Waals surface area contributed by atoms with E-state index in [1.807, 2.05) is 0 Å². The number of hydrogen-bond acceptors (Lipinski definition) is 8. The summed E-state index contributed by atoms with van der Waals surface area (Å²) in [6, 6.07) is 0. The summed E-state index contributed by atoms with van der Waals surface area (Å²) in [4.78, 5) is 0. The Hall–Kier alpha value is -1.84. The Morgan fingerprint density at radius 2 is 2.33 bits per heavy atom. The molecule has 18 heavy (non-hydrogen) atoms. The predicted molar refractivity (Wildman–Crippen MR) is 59.2 cm³/mol. The van der Waals surface area contributed by atoms with Gasteiger partial charge in [-0.25, -0.2) is 4.68 Å². The molecule has 0 aliphatic carbocycles. The monoisotopic (exact) mass is 252 g/mol. The first-order valence-electron chi connectivity index (χ1n) is 5.47. The van der Waals surface area contributed by atoms with Crippen LogP contribution in [0.4, 0.5) is 5.82 Å². The molecule has 9 nitrogen and oxygen atoms in total. The molecule has 96 valence electrons. The molecule has 2 aromatic heterocycles. The van der Waals surface area contributed by atoms with Gasteiger partial charge in [0.2, 0.25) is 0 Å². The van der Waals surface area contributed by atoms with E-state index in [9.17, 15) is 5.11 Å². The number of ether oxygens (including phenoxy) is 1. The zero-order valence-electron chi connectivity index (χ0n) is 9.34. The van der Waals surface area contributed by atoms with Crippen molar-refractivity contribution in [1.29, 1.82) is 0 Å². The van der Waals surface area contributed by atoms with Gasteiger partial charge in [0.25, 0.3) is 0 Å². The Bertz CT molecular complexity index is 572. The van der Waals surface area contributed by atoms with Crippen molar-refractivity contribution < 1.29 is 14.9 Å². The molecule has 0 bridgehead atoms. The normalized spacial score (nSPS) is 28.0. The number of aliphatic hydroxyl groups is 2. The number of rotatable bonds is 2. The van der Waals surface area contributed by atoms with Crippen molar-refractivity contribution in [1.82, 2.24) is 25.2 Å². The molecule has 9 heteroatoms. The van der Waals surface area contributed by atoms with Crippen molar-refractivity contribution in [3.63, 3.8) is 0 Å². The predicted octanol–water partition coefficient (Wildman–Crippen LogP) is -1.56. The second kappa shape index (κ2) is 4.12. The fraction of sp³-hybridized carbons (Fsp3) is 0.556. The van der Waals surface area contributed by atoms with Gasteiger partial charge < -0.3 is 20.7 Å². The minimum atomic E-state index is -0.730. The number of aromatic nitrogens is 5. The first-order chi connectivity index (χ1) is 8.70. The summed E-state index contributed by atoms with van der Waals surface area (Å²) >= 11 is 0. The molecule has 4 N–H and O–H groups in total. The van der Waals surface area contributed by atoms with Gasteiger partial charge in [0.1, 0.15) is 6.10 Å². The van der Waals surface area contributed by atoms with E-state index in [2.05, 4.69) is 20.5 Å². The highest BCUT2D eigenvalue weighted by molar-refractivity contribution is 5.84. The zero-order valence-corrected chi connectivity index (χ0v) is 9.34. The van der Waals surface area contributed by atoms with Crippen LogP contribution in [0, 0.1) is 0 Å². The summed E-state index contributed by atoms with van der Waals surface area (Å²) in [5.41, 5.74) is 6.09. The molecule has 2 aromatic rings. The van der Waals surface area contributed by atoms with Crippen molar-refractivity contribution in [2.24, 2.45) is 0 Å². The van der Waals surface area contributed by atoms with Gasteiger partial charge in [-0.2, -0.15) is 5.10 Å². The zero-order chi connectivity index (χ0) is 12.7. The molecule has 0 saturated carbocycles. The number of anilines is 1. The molecule has 3 rings (SSSR count). The van der Waals surface area contributed by atoms with E-state index in [1.165, 1.54) is 10.9 Å². The van der Waals surface area contributed by atoms with E-state index in [0.717, 1.165) is 0 Å². The van der Waals surface area contributed by atoms with Crippen LogP contribution in [-0.2, 0) is 4.74 Å². The van der Waals surface area contributed by atoms with Gasteiger partial charge in [0.15, 0.2) is 17.7 Å². The maximum atomic E-state index is 9.69. The number of fused-ring (bicyclic) bond motifs is 1. The molecule has 0 aromatic carbocycles. The Balaban J connectivity index is 1.99. The topological polar surface area (TPSA) is 132 Å². The average Bonchev–Trinajstić information content (AvgIpc) is 2.93. The first-order valence-corrected chi connectivity index (χ1v) is 5.47. The van der Waals surface area contributed by atoms with E-state index in [4.69, 9.17) is 15.6 Å². The summed E-state index contributed by atoms with van der Waals surface area (Å²) in [7, 11) is 0. The Morgan fingerprint density at radius 1 is 1.50 bits per heavy atom. The van der Waals surface area contributed by atoms with Gasteiger partial charge in [0, 0.05) is 6.42 Å². The van der Waals surface area contributed by atoms with Gasteiger partial charge in [-0.1, -0.05) is 0 Å². The summed E-state index contributed by atoms with van der Waals surface area (Å²) < 4.78 is 6.97. The summed E-state index contributed by atoms with van der Waals surface area (Å²) in [5, 5.41) is 34.4. The maximum absolute atomic E-state index is 9.69. The molecule has 0 radical (unpaired) electrons. The highest BCUT2D eigenvalue weighted by atomic mass is 16.5. The maximum Gasteiger partial charge on any atom is 0.188 e. The number of nitrogens with zero attached hydrogens (tertiary/aromatic N) is 5.